The third-order valence-corrected chi connectivity index (χ3v) is 6.42. The first kappa shape index (κ1) is 21.3. The van der Waals surface area contributed by atoms with Crippen molar-refractivity contribution in [3.63, 3.8) is 0 Å². The lowest BCUT2D eigenvalue weighted by atomic mass is 9.78. The van der Waals surface area contributed by atoms with E-state index in [1.165, 1.54) is 0 Å². The Morgan fingerprint density at radius 3 is 2.50 bits per heavy atom. The maximum Gasteiger partial charge on any atom is 0.457 e. The van der Waals surface area contributed by atoms with Gasteiger partial charge in [0.2, 0.25) is 0 Å². The first-order valence-corrected chi connectivity index (χ1v) is 10.2. The molecular weight excluding hydrogens is 355 g/mol. The van der Waals surface area contributed by atoms with Gasteiger partial charge < -0.3 is 25.1 Å². The van der Waals surface area contributed by atoms with Gasteiger partial charge in [0.05, 0.1) is 11.2 Å². The van der Waals surface area contributed by atoms with Crippen LogP contribution < -0.4 is 11.1 Å². The fourth-order valence-electron chi connectivity index (χ4n) is 3.85. The number of benzene rings is 1. The van der Waals surface area contributed by atoms with Crippen molar-refractivity contribution < 1.29 is 18.8 Å². The minimum absolute atomic E-state index is 0.0400. The van der Waals surface area contributed by atoms with Crippen LogP contribution in [0, 0.1) is 5.92 Å². The number of rotatable bonds is 7. The molecule has 2 atom stereocenters. The van der Waals surface area contributed by atoms with Gasteiger partial charge in [0.1, 0.15) is 12.1 Å². The van der Waals surface area contributed by atoms with Crippen molar-refractivity contribution >= 4 is 13.1 Å². The molecular formula is C21H33BN2O4. The summed E-state index contributed by atoms with van der Waals surface area (Å²) in [7, 11) is -0.212. The number of carbonyl (C=O) groups excluding carboxylic acids is 1. The molecule has 7 heteroatoms. The Labute approximate surface area is 168 Å². The standard InChI is InChI=1S/C21H33BN2O4/c1-19(2)20(3,4)28-22(27-19)12-8-11-17-13-24-15-21(17,23)18(25)26-14-16-9-6-5-7-10-16/h5-7,9-10,17,24H,8,11-15,23H2,1-4H3/t17-,21-/m0/s1. The van der Waals surface area contributed by atoms with Gasteiger partial charge in [-0.2, -0.15) is 0 Å². The highest BCUT2D eigenvalue weighted by molar-refractivity contribution is 6.45. The van der Waals surface area contributed by atoms with Gasteiger partial charge in [-0.1, -0.05) is 36.8 Å². The molecule has 6 nitrogen and oxygen atoms in total. The number of hydrogen-bond acceptors (Lipinski definition) is 6. The van der Waals surface area contributed by atoms with E-state index in [2.05, 4.69) is 33.0 Å². The minimum Gasteiger partial charge on any atom is -0.459 e. The fourth-order valence-corrected chi connectivity index (χ4v) is 3.85. The summed E-state index contributed by atoms with van der Waals surface area (Å²) in [6.45, 7) is 9.65. The van der Waals surface area contributed by atoms with E-state index in [1.54, 1.807) is 0 Å². The van der Waals surface area contributed by atoms with Gasteiger partial charge in [-0.15, -0.1) is 0 Å². The third-order valence-electron chi connectivity index (χ3n) is 6.42. The molecule has 3 N–H and O–H groups in total. The van der Waals surface area contributed by atoms with E-state index in [0.717, 1.165) is 31.3 Å². The zero-order valence-electron chi connectivity index (χ0n) is 17.5. The summed E-state index contributed by atoms with van der Waals surface area (Å²) >= 11 is 0. The van der Waals surface area contributed by atoms with Crippen LogP contribution in [-0.2, 0) is 25.4 Å². The Morgan fingerprint density at radius 2 is 1.86 bits per heavy atom. The number of nitrogens with two attached hydrogens (primary N) is 1. The van der Waals surface area contributed by atoms with E-state index in [0.29, 0.717) is 6.54 Å². The van der Waals surface area contributed by atoms with Gasteiger partial charge in [-0.3, -0.25) is 0 Å². The summed E-state index contributed by atoms with van der Waals surface area (Å²) in [6, 6.07) is 9.66. The first-order chi connectivity index (χ1) is 13.1. The van der Waals surface area contributed by atoms with Crippen LogP contribution in [0.15, 0.2) is 30.3 Å². The van der Waals surface area contributed by atoms with Crippen LogP contribution >= 0.6 is 0 Å². The Kier molecular flexibility index (Phi) is 6.20. The van der Waals surface area contributed by atoms with Crippen LogP contribution in [0.5, 0.6) is 0 Å². The number of hydrogen-bond donors (Lipinski definition) is 2. The molecule has 2 heterocycles. The second-order valence-corrected chi connectivity index (χ2v) is 9.05. The topological polar surface area (TPSA) is 82.8 Å². The van der Waals surface area contributed by atoms with E-state index in [-0.39, 0.29) is 36.8 Å². The number of nitrogens with one attached hydrogen (secondary N) is 1. The van der Waals surface area contributed by atoms with Crippen LogP contribution in [0.2, 0.25) is 6.32 Å². The smallest absolute Gasteiger partial charge is 0.457 e. The summed E-state index contributed by atoms with van der Waals surface area (Å²) < 4.78 is 17.6. The minimum atomic E-state index is -0.981. The number of esters is 1. The molecule has 0 unspecified atom stereocenters. The van der Waals surface area contributed by atoms with Crippen molar-refractivity contribution in [1.29, 1.82) is 0 Å². The molecule has 0 saturated carbocycles. The van der Waals surface area contributed by atoms with Crippen molar-refractivity contribution in [2.75, 3.05) is 13.1 Å². The lowest BCUT2D eigenvalue weighted by molar-refractivity contribution is -0.152. The summed E-state index contributed by atoms with van der Waals surface area (Å²) in [5.41, 5.74) is 5.84. The predicted molar refractivity (Wildman–Crippen MR) is 110 cm³/mol. The van der Waals surface area contributed by atoms with Gasteiger partial charge in [0.25, 0.3) is 0 Å². The quantitative estimate of drug-likeness (QED) is 0.552. The van der Waals surface area contributed by atoms with Gasteiger partial charge in [0, 0.05) is 19.0 Å². The molecule has 0 bridgehead atoms. The zero-order chi connectivity index (χ0) is 20.4. The lowest BCUT2D eigenvalue weighted by Gasteiger charge is -2.32. The normalized spacial score (nSPS) is 28.5. The Bertz CT molecular complexity index is 666. The van der Waals surface area contributed by atoms with Crippen LogP contribution in [0.1, 0.15) is 46.1 Å². The molecule has 0 amide bonds. The van der Waals surface area contributed by atoms with Gasteiger partial charge in [-0.25, -0.2) is 4.79 Å². The maximum atomic E-state index is 12.7. The van der Waals surface area contributed by atoms with Crippen molar-refractivity contribution in [2.45, 2.75) is 70.2 Å². The van der Waals surface area contributed by atoms with Crippen LogP contribution in [0.4, 0.5) is 0 Å². The second-order valence-electron chi connectivity index (χ2n) is 9.05. The summed E-state index contributed by atoms with van der Waals surface area (Å²) in [4.78, 5) is 12.7. The highest BCUT2D eigenvalue weighted by Crippen LogP contribution is 2.38. The Hall–Kier alpha value is -1.41. The highest BCUT2D eigenvalue weighted by atomic mass is 16.7. The van der Waals surface area contributed by atoms with Crippen molar-refractivity contribution in [1.82, 2.24) is 5.32 Å². The SMILES string of the molecule is CC1(C)OB(CCC[C@H]2CNC[C@@]2(N)C(=O)OCc2ccccc2)OC1(C)C. The third kappa shape index (κ3) is 4.43. The van der Waals surface area contributed by atoms with Crippen LogP contribution in [0.25, 0.3) is 0 Å². The van der Waals surface area contributed by atoms with Gasteiger partial charge in [0.15, 0.2) is 0 Å². The molecule has 2 aliphatic rings. The van der Waals surface area contributed by atoms with E-state index in [1.807, 2.05) is 30.3 Å². The zero-order valence-corrected chi connectivity index (χ0v) is 17.5. The summed E-state index contributed by atoms with van der Waals surface area (Å²) in [5.74, 6) is -0.291. The van der Waals surface area contributed by atoms with Crippen molar-refractivity contribution in [3.8, 4) is 0 Å². The number of ether oxygens (including phenoxy) is 1. The molecule has 28 heavy (non-hydrogen) atoms. The average molecular weight is 388 g/mol. The van der Waals surface area contributed by atoms with E-state index in [9.17, 15) is 4.79 Å². The lowest BCUT2D eigenvalue weighted by Crippen LogP contribution is -2.55. The molecule has 0 aliphatic carbocycles. The summed E-state index contributed by atoms with van der Waals surface area (Å²) in [6.07, 6.45) is 2.50. The molecule has 1 aromatic carbocycles. The summed E-state index contributed by atoms with van der Waals surface area (Å²) in [5, 5.41) is 3.26. The molecule has 0 radical (unpaired) electrons. The van der Waals surface area contributed by atoms with E-state index < -0.39 is 5.54 Å². The molecule has 0 aromatic heterocycles. The first-order valence-electron chi connectivity index (χ1n) is 10.2. The van der Waals surface area contributed by atoms with Gasteiger partial charge in [-0.05, 0) is 46.0 Å². The fraction of sp³-hybridized carbons (Fsp3) is 0.667. The molecule has 2 saturated heterocycles. The van der Waals surface area contributed by atoms with Crippen LogP contribution in [-0.4, -0.2) is 42.9 Å². The monoisotopic (exact) mass is 388 g/mol. The molecule has 154 valence electrons. The Morgan fingerprint density at radius 1 is 1.21 bits per heavy atom. The molecule has 1 aromatic rings. The molecule has 3 rings (SSSR count). The van der Waals surface area contributed by atoms with E-state index >= 15 is 0 Å². The van der Waals surface area contributed by atoms with Crippen LogP contribution in [0.3, 0.4) is 0 Å². The molecule has 0 spiro atoms. The second kappa shape index (κ2) is 8.15. The highest BCUT2D eigenvalue weighted by Gasteiger charge is 2.51. The Balaban J connectivity index is 1.49. The van der Waals surface area contributed by atoms with E-state index in [4.69, 9.17) is 19.8 Å². The van der Waals surface area contributed by atoms with Gasteiger partial charge >= 0.3 is 13.1 Å². The van der Waals surface area contributed by atoms with Crippen molar-refractivity contribution in [3.05, 3.63) is 35.9 Å². The van der Waals surface area contributed by atoms with Crippen molar-refractivity contribution in [2.24, 2.45) is 11.7 Å². The predicted octanol–water partition coefficient (Wildman–Crippen LogP) is 2.52. The molecule has 2 aliphatic heterocycles. The molecule has 2 fully saturated rings. The maximum absolute atomic E-state index is 12.7. The number of carbonyl (C=O) groups is 1. The largest absolute Gasteiger partial charge is 0.459 e. The average Bonchev–Trinajstić information content (AvgIpc) is 3.11.